The second kappa shape index (κ2) is 9.04. The number of aromatic nitrogens is 1. The Labute approximate surface area is 199 Å². The molecule has 0 bridgehead atoms. The van der Waals surface area contributed by atoms with Crippen molar-refractivity contribution < 1.29 is 0 Å². The SMILES string of the molecule is Clc1cnc2c(C[PH](c3ccccc3)(c3ccccc3)c3ccccc3)c(Cl)ccc2c1. The number of hydrogen-bond acceptors (Lipinski definition) is 1. The normalized spacial score (nSPS) is 12.1. The van der Waals surface area contributed by atoms with Gasteiger partial charge in [0, 0.05) is 0 Å². The standard InChI is InChI=1S/C28H22Cl2NP/c29-22-18-21-16-17-27(30)26(28(21)31-19-22)20-32(23-10-4-1-5-11-23,24-12-6-2-7-13-24)25-14-8-3-9-15-25/h1-19,32H,20H2. The van der Waals surface area contributed by atoms with Crippen LogP contribution in [0.5, 0.6) is 0 Å². The first-order chi connectivity index (χ1) is 15.7. The van der Waals surface area contributed by atoms with Gasteiger partial charge in [-0.3, -0.25) is 0 Å². The van der Waals surface area contributed by atoms with Crippen LogP contribution in [0.1, 0.15) is 5.56 Å². The molecule has 4 heteroatoms. The predicted molar refractivity (Wildman–Crippen MR) is 142 cm³/mol. The summed E-state index contributed by atoms with van der Waals surface area (Å²) in [5, 5.41) is 6.42. The zero-order valence-corrected chi connectivity index (χ0v) is 19.9. The molecule has 1 aromatic heterocycles. The van der Waals surface area contributed by atoms with E-state index >= 15 is 0 Å². The van der Waals surface area contributed by atoms with E-state index in [0.717, 1.165) is 27.7 Å². The summed E-state index contributed by atoms with van der Waals surface area (Å²) in [5.41, 5.74) is 1.99. The topological polar surface area (TPSA) is 12.9 Å². The molecule has 0 atom stereocenters. The number of halogens is 2. The molecule has 158 valence electrons. The Morgan fingerprint density at radius 1 is 0.625 bits per heavy atom. The van der Waals surface area contributed by atoms with Crippen LogP contribution in [0.2, 0.25) is 10.0 Å². The number of rotatable bonds is 5. The van der Waals surface area contributed by atoms with E-state index in [1.165, 1.54) is 15.9 Å². The zero-order valence-electron chi connectivity index (χ0n) is 17.4. The number of hydrogen-bond donors (Lipinski definition) is 0. The molecular formula is C28H22Cl2NP. The van der Waals surface area contributed by atoms with Crippen LogP contribution in [-0.2, 0) is 6.16 Å². The molecule has 0 fully saturated rings. The molecule has 0 unspecified atom stereocenters. The van der Waals surface area contributed by atoms with E-state index in [2.05, 4.69) is 91.0 Å². The second-order valence-corrected chi connectivity index (χ2v) is 12.7. The summed E-state index contributed by atoms with van der Waals surface area (Å²) in [6.07, 6.45) is 2.51. The summed E-state index contributed by atoms with van der Waals surface area (Å²) in [7, 11) is -2.48. The fraction of sp³-hybridized carbons (Fsp3) is 0.0357. The average molecular weight is 474 g/mol. The van der Waals surface area contributed by atoms with Gasteiger partial charge in [-0.2, -0.15) is 0 Å². The molecule has 1 nitrogen and oxygen atoms in total. The molecule has 0 radical (unpaired) electrons. The van der Waals surface area contributed by atoms with Crippen LogP contribution in [0.4, 0.5) is 0 Å². The Kier molecular flexibility index (Phi) is 5.98. The molecule has 4 aromatic carbocycles. The minimum absolute atomic E-state index is 0.628. The van der Waals surface area contributed by atoms with Crippen molar-refractivity contribution in [2.24, 2.45) is 0 Å². The summed E-state index contributed by atoms with van der Waals surface area (Å²) < 4.78 is 0. The molecule has 0 aliphatic rings. The molecular weight excluding hydrogens is 452 g/mol. The van der Waals surface area contributed by atoms with Gasteiger partial charge in [0.25, 0.3) is 0 Å². The summed E-state index contributed by atoms with van der Waals surface area (Å²) in [4.78, 5) is 4.71. The van der Waals surface area contributed by atoms with Gasteiger partial charge in [0.2, 0.25) is 0 Å². The molecule has 0 aliphatic carbocycles. The Hall–Kier alpha value is -2.70. The monoisotopic (exact) mass is 473 g/mol. The second-order valence-electron chi connectivity index (χ2n) is 7.93. The van der Waals surface area contributed by atoms with Crippen molar-refractivity contribution in [3.05, 3.63) is 131 Å². The van der Waals surface area contributed by atoms with Crippen molar-refractivity contribution in [1.82, 2.24) is 4.98 Å². The van der Waals surface area contributed by atoms with Crippen molar-refractivity contribution in [3.8, 4) is 0 Å². The summed E-state index contributed by atoms with van der Waals surface area (Å²) in [6.45, 7) is 0. The summed E-state index contributed by atoms with van der Waals surface area (Å²) in [6, 6.07) is 38.5. The minimum atomic E-state index is -2.48. The maximum absolute atomic E-state index is 6.86. The maximum atomic E-state index is 6.86. The Bertz CT molecular complexity index is 1260. The third-order valence-electron chi connectivity index (χ3n) is 6.11. The first kappa shape index (κ1) is 21.2. The van der Waals surface area contributed by atoms with Gasteiger partial charge in [-0.15, -0.1) is 0 Å². The van der Waals surface area contributed by atoms with E-state index in [-0.39, 0.29) is 0 Å². The van der Waals surface area contributed by atoms with E-state index in [4.69, 9.17) is 28.2 Å². The van der Waals surface area contributed by atoms with Crippen molar-refractivity contribution in [2.75, 3.05) is 0 Å². The Morgan fingerprint density at radius 3 is 1.62 bits per heavy atom. The van der Waals surface area contributed by atoms with Gasteiger partial charge >= 0.3 is 199 Å². The molecule has 0 aliphatic heterocycles. The summed E-state index contributed by atoms with van der Waals surface area (Å²) in [5.74, 6) is 0. The third-order valence-corrected chi connectivity index (χ3v) is 11.5. The molecule has 0 spiro atoms. The van der Waals surface area contributed by atoms with Crippen LogP contribution in [0, 0.1) is 0 Å². The van der Waals surface area contributed by atoms with Gasteiger partial charge in [-0.1, -0.05) is 0 Å². The van der Waals surface area contributed by atoms with E-state index in [0.29, 0.717) is 5.02 Å². The van der Waals surface area contributed by atoms with Crippen LogP contribution in [-0.4, -0.2) is 4.98 Å². The van der Waals surface area contributed by atoms with Gasteiger partial charge in [0.1, 0.15) is 0 Å². The van der Waals surface area contributed by atoms with Gasteiger partial charge in [0.15, 0.2) is 0 Å². The van der Waals surface area contributed by atoms with Crippen molar-refractivity contribution in [1.29, 1.82) is 0 Å². The van der Waals surface area contributed by atoms with Gasteiger partial charge in [-0.05, 0) is 0 Å². The molecule has 0 amide bonds. The van der Waals surface area contributed by atoms with Crippen LogP contribution in [0.25, 0.3) is 10.9 Å². The van der Waals surface area contributed by atoms with Crippen LogP contribution < -0.4 is 15.9 Å². The number of benzene rings is 4. The molecule has 0 N–H and O–H groups in total. The van der Waals surface area contributed by atoms with Crippen molar-refractivity contribution >= 4 is 57.3 Å². The third kappa shape index (κ3) is 3.82. The van der Waals surface area contributed by atoms with Crippen molar-refractivity contribution in [2.45, 2.75) is 6.16 Å². The van der Waals surface area contributed by atoms with E-state index in [1.807, 2.05) is 18.2 Å². The Balaban J connectivity index is 1.84. The Morgan fingerprint density at radius 2 is 1.12 bits per heavy atom. The molecule has 5 rings (SSSR count). The predicted octanol–water partition coefficient (Wildman–Crippen LogP) is 6.77. The zero-order chi connectivity index (χ0) is 22.0. The van der Waals surface area contributed by atoms with Crippen LogP contribution in [0.3, 0.4) is 0 Å². The average Bonchev–Trinajstić information content (AvgIpc) is 2.85. The van der Waals surface area contributed by atoms with E-state index in [1.54, 1.807) is 6.20 Å². The molecule has 1 heterocycles. The van der Waals surface area contributed by atoms with E-state index < -0.39 is 7.26 Å². The molecule has 5 aromatic rings. The first-order valence-corrected chi connectivity index (χ1v) is 13.5. The first-order valence-electron chi connectivity index (χ1n) is 10.6. The van der Waals surface area contributed by atoms with Gasteiger partial charge < -0.3 is 0 Å². The van der Waals surface area contributed by atoms with Crippen LogP contribution in [0.15, 0.2) is 115 Å². The number of nitrogens with zero attached hydrogens (tertiary/aromatic N) is 1. The van der Waals surface area contributed by atoms with E-state index in [9.17, 15) is 0 Å². The number of fused-ring (bicyclic) bond motifs is 1. The molecule has 0 saturated heterocycles. The van der Waals surface area contributed by atoms with Crippen LogP contribution >= 0.6 is 30.5 Å². The van der Waals surface area contributed by atoms with Gasteiger partial charge in [0.05, 0.1) is 0 Å². The summed E-state index contributed by atoms with van der Waals surface area (Å²) >= 11 is 13.1. The van der Waals surface area contributed by atoms with Gasteiger partial charge in [-0.25, -0.2) is 0 Å². The van der Waals surface area contributed by atoms with Crippen molar-refractivity contribution in [3.63, 3.8) is 0 Å². The fourth-order valence-corrected chi connectivity index (χ4v) is 9.90. The number of pyridine rings is 1. The quantitative estimate of drug-likeness (QED) is 0.256. The molecule has 32 heavy (non-hydrogen) atoms. The fourth-order valence-electron chi connectivity index (χ4n) is 4.62. The molecule has 0 saturated carbocycles.